The van der Waals surface area contributed by atoms with Crippen LogP contribution in [0.3, 0.4) is 0 Å². The Morgan fingerprint density at radius 1 is 0.867 bits per heavy atom. The summed E-state index contributed by atoms with van der Waals surface area (Å²) in [6.45, 7) is 0.0229. The van der Waals surface area contributed by atoms with Gasteiger partial charge in [-0.05, 0) is 55.0 Å². The summed E-state index contributed by atoms with van der Waals surface area (Å²) in [4.78, 5) is 16.5. The van der Waals surface area contributed by atoms with Gasteiger partial charge in [0, 0.05) is 18.3 Å². The number of nitrogens with zero attached hydrogens (tertiary/aromatic N) is 1. The van der Waals surface area contributed by atoms with Crippen LogP contribution in [0.5, 0.6) is 11.6 Å². The van der Waals surface area contributed by atoms with Crippen molar-refractivity contribution in [3.8, 4) is 22.8 Å². The van der Waals surface area contributed by atoms with Crippen LogP contribution < -0.4 is 14.8 Å². The predicted octanol–water partition coefficient (Wildman–Crippen LogP) is 4.63. The topological polar surface area (TPSA) is 60.5 Å². The molecule has 1 N–H and O–H groups in total. The second kappa shape index (κ2) is 9.92. The molecule has 0 spiro atoms. The van der Waals surface area contributed by atoms with Crippen LogP contribution in [0.4, 0.5) is 0 Å². The molecule has 0 bridgehead atoms. The Morgan fingerprint density at radius 2 is 1.57 bits per heavy atom. The second-order valence-corrected chi connectivity index (χ2v) is 7.51. The van der Waals surface area contributed by atoms with E-state index >= 15 is 0 Å². The summed E-state index contributed by atoms with van der Waals surface area (Å²) in [6.07, 6.45) is 5.50. The molecule has 0 atom stereocenters. The lowest BCUT2D eigenvalue weighted by Gasteiger charge is -2.29. The molecule has 1 heterocycles. The van der Waals surface area contributed by atoms with Crippen molar-refractivity contribution in [2.75, 3.05) is 6.61 Å². The predicted molar refractivity (Wildman–Crippen MR) is 116 cm³/mol. The Hall–Kier alpha value is -3.34. The zero-order valence-electron chi connectivity index (χ0n) is 16.9. The van der Waals surface area contributed by atoms with Gasteiger partial charge < -0.3 is 14.8 Å². The number of carbonyl (C=O) groups is 1. The summed E-state index contributed by atoms with van der Waals surface area (Å²) in [7, 11) is 0. The number of hydrogen-bond acceptors (Lipinski definition) is 4. The normalized spacial score (nSPS) is 18.4. The quantitative estimate of drug-likeness (QED) is 0.626. The van der Waals surface area contributed by atoms with E-state index in [1.54, 1.807) is 6.20 Å². The molecule has 5 heteroatoms. The van der Waals surface area contributed by atoms with Crippen molar-refractivity contribution in [2.24, 2.45) is 0 Å². The number of aromatic nitrogens is 1. The number of hydrogen-bond donors (Lipinski definition) is 1. The molecule has 4 rings (SSSR count). The van der Waals surface area contributed by atoms with Gasteiger partial charge in [0.15, 0.2) is 6.61 Å². The summed E-state index contributed by atoms with van der Waals surface area (Å²) < 4.78 is 11.6. The van der Waals surface area contributed by atoms with E-state index in [1.807, 2.05) is 60.7 Å². The van der Waals surface area contributed by atoms with Gasteiger partial charge in [-0.25, -0.2) is 4.98 Å². The fourth-order valence-electron chi connectivity index (χ4n) is 3.71. The fourth-order valence-corrected chi connectivity index (χ4v) is 3.71. The van der Waals surface area contributed by atoms with E-state index < -0.39 is 0 Å². The highest BCUT2D eigenvalue weighted by atomic mass is 16.5. The van der Waals surface area contributed by atoms with E-state index in [0.29, 0.717) is 11.6 Å². The average molecular weight is 402 g/mol. The summed E-state index contributed by atoms with van der Waals surface area (Å²) in [6, 6.07) is 23.8. The van der Waals surface area contributed by atoms with Crippen molar-refractivity contribution in [1.82, 2.24) is 10.3 Å². The van der Waals surface area contributed by atoms with Crippen molar-refractivity contribution < 1.29 is 14.3 Å². The van der Waals surface area contributed by atoms with Crippen LogP contribution in [0.25, 0.3) is 11.1 Å². The molecule has 1 fully saturated rings. The lowest BCUT2D eigenvalue weighted by atomic mass is 9.93. The van der Waals surface area contributed by atoms with Crippen molar-refractivity contribution in [3.05, 3.63) is 79.0 Å². The minimum atomic E-state index is -0.0868. The van der Waals surface area contributed by atoms with Gasteiger partial charge in [0.05, 0.1) is 0 Å². The Kier molecular flexibility index (Phi) is 6.60. The molecule has 154 valence electrons. The van der Waals surface area contributed by atoms with Gasteiger partial charge in [-0.2, -0.15) is 0 Å². The molecule has 1 aliphatic rings. The van der Waals surface area contributed by atoms with Crippen LogP contribution in [0.15, 0.2) is 79.0 Å². The minimum absolute atomic E-state index is 0.0229. The van der Waals surface area contributed by atoms with E-state index in [1.165, 1.54) is 0 Å². The molecular formula is C25H26N2O3. The van der Waals surface area contributed by atoms with E-state index in [0.717, 1.165) is 36.8 Å². The maximum atomic E-state index is 12.3. The molecule has 0 aliphatic heterocycles. The molecule has 0 saturated heterocycles. The van der Waals surface area contributed by atoms with Gasteiger partial charge in [0.1, 0.15) is 11.9 Å². The zero-order valence-corrected chi connectivity index (χ0v) is 16.9. The van der Waals surface area contributed by atoms with E-state index in [9.17, 15) is 4.79 Å². The molecule has 3 aromatic rings. The molecule has 30 heavy (non-hydrogen) atoms. The first-order chi connectivity index (χ1) is 14.8. The third kappa shape index (κ3) is 5.60. The number of amides is 1. The zero-order chi connectivity index (χ0) is 20.6. The van der Waals surface area contributed by atoms with E-state index in [2.05, 4.69) is 22.4 Å². The highest BCUT2D eigenvalue weighted by Gasteiger charge is 2.24. The first kappa shape index (κ1) is 20.0. The molecule has 1 aromatic heterocycles. The van der Waals surface area contributed by atoms with Gasteiger partial charge in [-0.15, -0.1) is 0 Å². The standard InChI is InChI=1S/C25H26N2O3/c28-24(18-29-22-13-9-20(10-14-22)19-6-2-1-3-7-19)27-21-11-15-23(16-12-21)30-25-8-4-5-17-26-25/h1-10,13-14,17,21,23H,11-12,15-16,18H2,(H,27,28). The second-order valence-electron chi connectivity index (χ2n) is 7.51. The summed E-state index contributed by atoms with van der Waals surface area (Å²) >= 11 is 0. The maximum absolute atomic E-state index is 12.3. The number of nitrogens with one attached hydrogen (secondary N) is 1. The van der Waals surface area contributed by atoms with Crippen LogP contribution >= 0.6 is 0 Å². The van der Waals surface area contributed by atoms with Crippen LogP contribution in [-0.2, 0) is 4.79 Å². The largest absolute Gasteiger partial charge is 0.484 e. The van der Waals surface area contributed by atoms with Crippen LogP contribution in [0.1, 0.15) is 25.7 Å². The van der Waals surface area contributed by atoms with Crippen LogP contribution in [0, 0.1) is 0 Å². The van der Waals surface area contributed by atoms with E-state index in [-0.39, 0.29) is 24.7 Å². The Balaban J connectivity index is 1.18. The van der Waals surface area contributed by atoms with Crippen molar-refractivity contribution in [1.29, 1.82) is 0 Å². The Bertz CT molecular complexity index is 922. The van der Waals surface area contributed by atoms with Gasteiger partial charge >= 0.3 is 0 Å². The van der Waals surface area contributed by atoms with Gasteiger partial charge in [-0.1, -0.05) is 48.5 Å². The Morgan fingerprint density at radius 3 is 2.27 bits per heavy atom. The molecule has 1 aliphatic carbocycles. The number of benzene rings is 2. The minimum Gasteiger partial charge on any atom is -0.484 e. The highest BCUT2D eigenvalue weighted by Crippen LogP contribution is 2.23. The fraction of sp³-hybridized carbons (Fsp3) is 0.280. The van der Waals surface area contributed by atoms with Crippen LogP contribution in [-0.4, -0.2) is 29.6 Å². The smallest absolute Gasteiger partial charge is 0.258 e. The molecule has 0 radical (unpaired) electrons. The van der Waals surface area contributed by atoms with Gasteiger partial charge in [0.2, 0.25) is 5.88 Å². The molecule has 1 amide bonds. The molecule has 2 aromatic carbocycles. The molecule has 0 unspecified atom stereocenters. The third-order valence-electron chi connectivity index (χ3n) is 5.30. The van der Waals surface area contributed by atoms with Gasteiger partial charge in [0.25, 0.3) is 5.91 Å². The number of pyridine rings is 1. The number of ether oxygens (including phenoxy) is 2. The lowest BCUT2D eigenvalue weighted by molar-refractivity contribution is -0.124. The summed E-state index contributed by atoms with van der Waals surface area (Å²) in [5.41, 5.74) is 2.28. The third-order valence-corrected chi connectivity index (χ3v) is 5.30. The maximum Gasteiger partial charge on any atom is 0.258 e. The average Bonchev–Trinajstić information content (AvgIpc) is 2.81. The summed E-state index contributed by atoms with van der Waals surface area (Å²) in [5.74, 6) is 1.27. The monoisotopic (exact) mass is 402 g/mol. The number of rotatable bonds is 7. The number of carbonyl (C=O) groups excluding carboxylic acids is 1. The lowest BCUT2D eigenvalue weighted by Crippen LogP contribution is -2.41. The summed E-state index contributed by atoms with van der Waals surface area (Å²) in [5, 5.41) is 3.08. The first-order valence-corrected chi connectivity index (χ1v) is 10.4. The Labute approximate surface area is 177 Å². The van der Waals surface area contributed by atoms with E-state index in [4.69, 9.17) is 9.47 Å². The van der Waals surface area contributed by atoms with Crippen LogP contribution in [0.2, 0.25) is 0 Å². The van der Waals surface area contributed by atoms with Crippen molar-refractivity contribution in [2.45, 2.75) is 37.8 Å². The van der Waals surface area contributed by atoms with Crippen molar-refractivity contribution in [3.63, 3.8) is 0 Å². The highest BCUT2D eigenvalue weighted by molar-refractivity contribution is 5.77. The van der Waals surface area contributed by atoms with Gasteiger partial charge in [-0.3, -0.25) is 4.79 Å². The van der Waals surface area contributed by atoms with Crippen molar-refractivity contribution >= 4 is 5.91 Å². The molecule has 1 saturated carbocycles. The molecular weight excluding hydrogens is 376 g/mol. The molecule has 5 nitrogen and oxygen atoms in total. The first-order valence-electron chi connectivity index (χ1n) is 10.4. The SMILES string of the molecule is O=C(COc1ccc(-c2ccccc2)cc1)NC1CCC(Oc2ccccn2)CC1.